The molecular formula is C14H13FN2O2. The van der Waals surface area contributed by atoms with Gasteiger partial charge in [0.1, 0.15) is 5.82 Å². The van der Waals surface area contributed by atoms with Gasteiger partial charge in [0.15, 0.2) is 0 Å². The number of fused-ring (bicyclic) bond motifs is 1. The Morgan fingerprint density at radius 1 is 1.42 bits per heavy atom. The first-order valence-corrected chi connectivity index (χ1v) is 6.17. The largest absolute Gasteiger partial charge is 0.481 e. The SMILES string of the molecule is O=C(O)C1CCN(c2ccnc3cc(F)ccc23)C1. The number of halogens is 1. The first-order chi connectivity index (χ1) is 9.15. The first-order valence-electron chi connectivity index (χ1n) is 6.17. The Kier molecular flexibility index (Phi) is 2.81. The maximum absolute atomic E-state index is 13.2. The fraction of sp³-hybridized carbons (Fsp3) is 0.286. The van der Waals surface area contributed by atoms with Crippen molar-refractivity contribution in [3.8, 4) is 0 Å². The van der Waals surface area contributed by atoms with E-state index in [1.165, 1.54) is 12.1 Å². The number of hydrogen-bond acceptors (Lipinski definition) is 3. The lowest BCUT2D eigenvalue weighted by Crippen LogP contribution is -2.22. The van der Waals surface area contributed by atoms with Crippen LogP contribution in [0.2, 0.25) is 0 Å². The van der Waals surface area contributed by atoms with Gasteiger partial charge in [0.05, 0.1) is 11.4 Å². The highest BCUT2D eigenvalue weighted by Gasteiger charge is 2.28. The highest BCUT2D eigenvalue weighted by molar-refractivity contribution is 5.92. The molecule has 0 aliphatic carbocycles. The van der Waals surface area contributed by atoms with Crippen LogP contribution >= 0.6 is 0 Å². The van der Waals surface area contributed by atoms with Crippen molar-refractivity contribution in [1.29, 1.82) is 0 Å². The monoisotopic (exact) mass is 260 g/mol. The van der Waals surface area contributed by atoms with Crippen LogP contribution in [-0.4, -0.2) is 29.1 Å². The molecule has 1 aliphatic rings. The third-order valence-corrected chi connectivity index (χ3v) is 3.56. The number of hydrogen-bond donors (Lipinski definition) is 1. The summed E-state index contributed by atoms with van der Waals surface area (Å²) in [6.07, 6.45) is 2.27. The fourth-order valence-electron chi connectivity index (χ4n) is 2.56. The normalized spacial score (nSPS) is 19.0. The van der Waals surface area contributed by atoms with Gasteiger partial charge in [0, 0.05) is 36.4 Å². The number of rotatable bonds is 2. The van der Waals surface area contributed by atoms with Crippen molar-refractivity contribution in [2.24, 2.45) is 5.92 Å². The van der Waals surface area contributed by atoms with Crippen LogP contribution in [0.4, 0.5) is 10.1 Å². The molecule has 19 heavy (non-hydrogen) atoms. The van der Waals surface area contributed by atoms with Crippen LogP contribution in [0, 0.1) is 11.7 Å². The molecule has 4 nitrogen and oxygen atoms in total. The van der Waals surface area contributed by atoms with Crippen molar-refractivity contribution in [3.63, 3.8) is 0 Å². The Morgan fingerprint density at radius 3 is 3.00 bits per heavy atom. The van der Waals surface area contributed by atoms with Crippen molar-refractivity contribution in [3.05, 3.63) is 36.3 Å². The van der Waals surface area contributed by atoms with Crippen LogP contribution in [0.3, 0.4) is 0 Å². The number of nitrogens with zero attached hydrogens (tertiary/aromatic N) is 2. The van der Waals surface area contributed by atoms with Gasteiger partial charge in [-0.1, -0.05) is 0 Å². The smallest absolute Gasteiger partial charge is 0.308 e. The summed E-state index contributed by atoms with van der Waals surface area (Å²) in [6.45, 7) is 1.19. The Labute approximate surface area is 109 Å². The summed E-state index contributed by atoms with van der Waals surface area (Å²) in [5, 5.41) is 9.90. The lowest BCUT2D eigenvalue weighted by molar-refractivity contribution is -0.140. The molecule has 3 rings (SSSR count). The van der Waals surface area contributed by atoms with E-state index >= 15 is 0 Å². The Hall–Kier alpha value is -2.17. The second kappa shape index (κ2) is 4.50. The minimum absolute atomic E-state index is 0.318. The third-order valence-electron chi connectivity index (χ3n) is 3.56. The van der Waals surface area contributed by atoms with Crippen molar-refractivity contribution >= 4 is 22.6 Å². The molecule has 0 bridgehead atoms. The van der Waals surface area contributed by atoms with Crippen LogP contribution in [0.1, 0.15) is 6.42 Å². The van der Waals surface area contributed by atoms with E-state index in [1.807, 2.05) is 11.0 Å². The molecule has 1 unspecified atom stereocenters. The van der Waals surface area contributed by atoms with Gasteiger partial charge in [-0.05, 0) is 24.6 Å². The number of carbonyl (C=O) groups is 1. The average molecular weight is 260 g/mol. The van der Waals surface area contributed by atoms with E-state index < -0.39 is 5.97 Å². The van der Waals surface area contributed by atoms with Crippen molar-refractivity contribution < 1.29 is 14.3 Å². The number of aliphatic carboxylic acids is 1. The minimum Gasteiger partial charge on any atom is -0.481 e. The summed E-state index contributed by atoms with van der Waals surface area (Å²) < 4.78 is 13.2. The molecule has 1 aliphatic heterocycles. The highest BCUT2D eigenvalue weighted by Crippen LogP contribution is 2.30. The third kappa shape index (κ3) is 2.12. The summed E-state index contributed by atoms with van der Waals surface area (Å²) in [7, 11) is 0. The fourth-order valence-corrected chi connectivity index (χ4v) is 2.56. The zero-order valence-corrected chi connectivity index (χ0v) is 10.2. The summed E-state index contributed by atoms with van der Waals surface area (Å²) in [5.41, 5.74) is 1.52. The maximum Gasteiger partial charge on any atom is 0.308 e. The highest BCUT2D eigenvalue weighted by atomic mass is 19.1. The number of benzene rings is 1. The summed E-state index contributed by atoms with van der Waals surface area (Å²) in [5.74, 6) is -1.41. The first kappa shape index (κ1) is 11.9. The van der Waals surface area contributed by atoms with E-state index in [0.29, 0.717) is 25.0 Å². The number of carboxylic acids is 1. The van der Waals surface area contributed by atoms with Crippen LogP contribution in [0.5, 0.6) is 0 Å². The van der Waals surface area contributed by atoms with Crippen LogP contribution in [0.25, 0.3) is 10.9 Å². The molecule has 5 heteroatoms. The standard InChI is InChI=1S/C14H13FN2O2/c15-10-1-2-11-12(7-10)16-5-3-13(11)17-6-4-9(8-17)14(18)19/h1-3,5,7,9H,4,6,8H2,(H,18,19). The molecule has 1 atom stereocenters. The lowest BCUT2D eigenvalue weighted by atomic mass is 10.1. The molecule has 2 aromatic rings. The molecule has 0 spiro atoms. The molecular weight excluding hydrogens is 247 g/mol. The predicted molar refractivity (Wildman–Crippen MR) is 69.7 cm³/mol. The minimum atomic E-state index is -0.757. The van der Waals surface area contributed by atoms with Gasteiger partial charge < -0.3 is 10.0 Å². The van der Waals surface area contributed by atoms with Crippen LogP contribution in [-0.2, 0) is 4.79 Å². The zero-order valence-electron chi connectivity index (χ0n) is 10.2. The number of anilines is 1. The molecule has 0 amide bonds. The molecule has 98 valence electrons. The number of carboxylic acid groups (broad SMARTS) is 1. The Bertz CT molecular complexity index is 644. The van der Waals surface area contributed by atoms with Gasteiger partial charge in [0.25, 0.3) is 0 Å². The molecule has 0 saturated carbocycles. The average Bonchev–Trinajstić information content (AvgIpc) is 2.87. The molecule has 1 fully saturated rings. The Balaban J connectivity index is 2.00. The zero-order chi connectivity index (χ0) is 13.4. The molecule has 2 heterocycles. The second-order valence-corrected chi connectivity index (χ2v) is 4.76. The molecule has 0 radical (unpaired) electrons. The van der Waals surface area contributed by atoms with Gasteiger partial charge in [-0.3, -0.25) is 9.78 Å². The number of pyridine rings is 1. The van der Waals surface area contributed by atoms with Gasteiger partial charge in [0.2, 0.25) is 0 Å². The van der Waals surface area contributed by atoms with E-state index in [2.05, 4.69) is 4.98 Å². The van der Waals surface area contributed by atoms with E-state index in [0.717, 1.165) is 11.1 Å². The van der Waals surface area contributed by atoms with Crippen molar-refractivity contribution in [1.82, 2.24) is 4.98 Å². The molecule has 1 N–H and O–H groups in total. The lowest BCUT2D eigenvalue weighted by Gasteiger charge is -2.19. The van der Waals surface area contributed by atoms with E-state index in [4.69, 9.17) is 5.11 Å². The number of aromatic nitrogens is 1. The molecule has 1 aromatic heterocycles. The van der Waals surface area contributed by atoms with Gasteiger partial charge >= 0.3 is 5.97 Å². The van der Waals surface area contributed by atoms with Crippen molar-refractivity contribution in [2.75, 3.05) is 18.0 Å². The molecule has 1 saturated heterocycles. The van der Waals surface area contributed by atoms with E-state index in [1.54, 1.807) is 12.3 Å². The van der Waals surface area contributed by atoms with Gasteiger partial charge in [-0.15, -0.1) is 0 Å². The van der Waals surface area contributed by atoms with Crippen LogP contribution in [0.15, 0.2) is 30.5 Å². The van der Waals surface area contributed by atoms with Gasteiger partial charge in [-0.25, -0.2) is 4.39 Å². The van der Waals surface area contributed by atoms with Crippen molar-refractivity contribution in [2.45, 2.75) is 6.42 Å². The van der Waals surface area contributed by atoms with Crippen LogP contribution < -0.4 is 4.90 Å². The van der Waals surface area contributed by atoms with E-state index in [9.17, 15) is 9.18 Å². The maximum atomic E-state index is 13.2. The second-order valence-electron chi connectivity index (χ2n) is 4.76. The Morgan fingerprint density at radius 2 is 2.26 bits per heavy atom. The predicted octanol–water partition coefficient (Wildman–Crippen LogP) is 2.28. The summed E-state index contributed by atoms with van der Waals surface area (Å²) in [4.78, 5) is 17.2. The summed E-state index contributed by atoms with van der Waals surface area (Å²) >= 11 is 0. The topological polar surface area (TPSA) is 53.4 Å². The van der Waals surface area contributed by atoms with Gasteiger partial charge in [-0.2, -0.15) is 0 Å². The quantitative estimate of drug-likeness (QED) is 0.900. The molecule has 1 aromatic carbocycles. The van der Waals surface area contributed by atoms with E-state index in [-0.39, 0.29) is 11.7 Å². The summed E-state index contributed by atoms with van der Waals surface area (Å²) in [6, 6.07) is 6.34.